The summed E-state index contributed by atoms with van der Waals surface area (Å²) in [5.74, 6) is 0.695. The largest absolute Gasteiger partial charge is 0.361 e. The molecule has 0 saturated carbocycles. The normalized spacial score (nSPS) is 10.7. The van der Waals surface area contributed by atoms with Crippen molar-refractivity contribution in [2.24, 2.45) is 0 Å². The van der Waals surface area contributed by atoms with Crippen molar-refractivity contribution < 1.29 is 9.32 Å². The Bertz CT molecular complexity index is 791. The van der Waals surface area contributed by atoms with Crippen LogP contribution in [-0.4, -0.2) is 21.0 Å². The number of anilines is 1. The van der Waals surface area contributed by atoms with Gasteiger partial charge >= 0.3 is 0 Å². The zero-order chi connectivity index (χ0) is 16.2. The fraction of sp³-hybridized carbons (Fsp3) is 0.250. The van der Waals surface area contributed by atoms with E-state index in [1.807, 2.05) is 31.4 Å². The molecule has 3 aromatic heterocycles. The predicted octanol–water partition coefficient (Wildman–Crippen LogP) is 3.38. The number of nitrogens with zero attached hydrogens (tertiary/aromatic N) is 3. The van der Waals surface area contributed by atoms with E-state index in [2.05, 4.69) is 20.4 Å². The summed E-state index contributed by atoms with van der Waals surface area (Å²) < 4.78 is 5.10. The lowest BCUT2D eigenvalue weighted by molar-refractivity contribution is -0.116. The molecule has 1 N–H and O–H groups in total. The fourth-order valence-electron chi connectivity index (χ4n) is 2.26. The fourth-order valence-corrected chi connectivity index (χ4v) is 2.99. The van der Waals surface area contributed by atoms with Crippen molar-refractivity contribution in [3.63, 3.8) is 0 Å². The molecule has 0 spiro atoms. The highest BCUT2D eigenvalue weighted by molar-refractivity contribution is 7.14. The number of aryl methyl sites for hydroxylation is 2. The number of carbonyl (C=O) groups is 1. The Kier molecular flexibility index (Phi) is 4.47. The molecule has 0 radical (unpaired) electrons. The van der Waals surface area contributed by atoms with Crippen LogP contribution in [0.15, 0.2) is 34.4 Å². The molecule has 0 fully saturated rings. The lowest BCUT2D eigenvalue weighted by Crippen LogP contribution is -2.12. The van der Waals surface area contributed by atoms with Gasteiger partial charge in [-0.1, -0.05) is 5.16 Å². The number of amides is 1. The Balaban J connectivity index is 1.59. The summed E-state index contributed by atoms with van der Waals surface area (Å²) in [7, 11) is 0. The van der Waals surface area contributed by atoms with E-state index in [0.717, 1.165) is 28.3 Å². The second-order valence-corrected chi connectivity index (χ2v) is 5.99. The molecule has 0 aliphatic carbocycles. The smallest absolute Gasteiger partial charge is 0.226 e. The Morgan fingerprint density at radius 1 is 1.39 bits per heavy atom. The third-order valence-corrected chi connectivity index (χ3v) is 4.25. The third-order valence-electron chi connectivity index (χ3n) is 3.49. The first-order chi connectivity index (χ1) is 11.1. The molecule has 23 heavy (non-hydrogen) atoms. The molecule has 7 heteroatoms. The summed E-state index contributed by atoms with van der Waals surface area (Å²) in [6.07, 6.45) is 4.43. The second-order valence-electron chi connectivity index (χ2n) is 5.13. The number of pyridine rings is 1. The SMILES string of the molecule is Cc1noc(C)c1CCC(=O)Nc1nc(-c2cccnc2)cs1. The van der Waals surface area contributed by atoms with Crippen LogP contribution in [0.4, 0.5) is 5.13 Å². The van der Waals surface area contributed by atoms with Crippen LogP contribution in [0.5, 0.6) is 0 Å². The summed E-state index contributed by atoms with van der Waals surface area (Å²) in [4.78, 5) is 20.6. The van der Waals surface area contributed by atoms with Gasteiger partial charge in [-0.05, 0) is 32.4 Å². The van der Waals surface area contributed by atoms with E-state index >= 15 is 0 Å². The van der Waals surface area contributed by atoms with Crippen molar-refractivity contribution in [1.82, 2.24) is 15.1 Å². The van der Waals surface area contributed by atoms with Crippen LogP contribution in [0.3, 0.4) is 0 Å². The van der Waals surface area contributed by atoms with Gasteiger partial charge in [-0.25, -0.2) is 4.98 Å². The van der Waals surface area contributed by atoms with Gasteiger partial charge in [0.15, 0.2) is 5.13 Å². The van der Waals surface area contributed by atoms with Crippen molar-refractivity contribution in [3.05, 3.63) is 46.9 Å². The minimum absolute atomic E-state index is 0.0721. The van der Waals surface area contributed by atoms with Crippen molar-refractivity contribution in [2.45, 2.75) is 26.7 Å². The van der Waals surface area contributed by atoms with Gasteiger partial charge in [-0.3, -0.25) is 9.78 Å². The lowest BCUT2D eigenvalue weighted by atomic mass is 10.1. The first kappa shape index (κ1) is 15.4. The summed E-state index contributed by atoms with van der Waals surface area (Å²) in [5.41, 5.74) is 3.57. The van der Waals surface area contributed by atoms with Gasteiger partial charge in [0.1, 0.15) is 5.76 Å². The molecule has 3 heterocycles. The molecule has 0 saturated heterocycles. The standard InChI is InChI=1S/C16H16N4O2S/c1-10-13(11(2)22-20-10)5-6-15(21)19-16-18-14(9-23-16)12-4-3-7-17-8-12/h3-4,7-9H,5-6H2,1-2H3,(H,18,19,21). The predicted molar refractivity (Wildman–Crippen MR) is 88.3 cm³/mol. The van der Waals surface area contributed by atoms with E-state index in [-0.39, 0.29) is 5.91 Å². The van der Waals surface area contributed by atoms with E-state index in [1.54, 1.807) is 12.4 Å². The molecule has 0 unspecified atom stereocenters. The van der Waals surface area contributed by atoms with Gasteiger partial charge in [0.05, 0.1) is 11.4 Å². The molecule has 118 valence electrons. The summed E-state index contributed by atoms with van der Waals surface area (Å²) in [6.45, 7) is 3.74. The molecular weight excluding hydrogens is 312 g/mol. The quantitative estimate of drug-likeness (QED) is 0.776. The molecule has 0 aliphatic rings. The van der Waals surface area contributed by atoms with Crippen LogP contribution in [0, 0.1) is 13.8 Å². The number of nitrogens with one attached hydrogen (secondary N) is 1. The van der Waals surface area contributed by atoms with Gasteiger partial charge in [0.25, 0.3) is 0 Å². The summed E-state index contributed by atoms with van der Waals surface area (Å²) >= 11 is 1.40. The molecule has 1 amide bonds. The van der Waals surface area contributed by atoms with Crippen LogP contribution in [-0.2, 0) is 11.2 Å². The number of aromatic nitrogens is 3. The molecule has 0 bridgehead atoms. The summed E-state index contributed by atoms with van der Waals surface area (Å²) in [5, 5.41) is 9.22. The Labute approximate surface area is 137 Å². The van der Waals surface area contributed by atoms with Crippen LogP contribution in [0.1, 0.15) is 23.4 Å². The van der Waals surface area contributed by atoms with E-state index in [0.29, 0.717) is 18.0 Å². The van der Waals surface area contributed by atoms with E-state index in [1.165, 1.54) is 11.3 Å². The molecule has 0 aromatic carbocycles. The van der Waals surface area contributed by atoms with Crippen molar-refractivity contribution >= 4 is 22.4 Å². The van der Waals surface area contributed by atoms with Crippen LogP contribution >= 0.6 is 11.3 Å². The Morgan fingerprint density at radius 2 is 2.26 bits per heavy atom. The maximum absolute atomic E-state index is 12.1. The summed E-state index contributed by atoms with van der Waals surface area (Å²) in [6, 6.07) is 3.79. The highest BCUT2D eigenvalue weighted by atomic mass is 32.1. The minimum Gasteiger partial charge on any atom is -0.361 e. The number of carbonyl (C=O) groups excluding carboxylic acids is 1. The minimum atomic E-state index is -0.0721. The van der Waals surface area contributed by atoms with Gasteiger partial charge < -0.3 is 9.84 Å². The second kappa shape index (κ2) is 6.70. The Hall–Kier alpha value is -2.54. The monoisotopic (exact) mass is 328 g/mol. The molecule has 6 nitrogen and oxygen atoms in total. The van der Waals surface area contributed by atoms with Crippen molar-refractivity contribution in [1.29, 1.82) is 0 Å². The van der Waals surface area contributed by atoms with Crippen LogP contribution in [0.2, 0.25) is 0 Å². The molecule has 0 atom stereocenters. The maximum Gasteiger partial charge on any atom is 0.226 e. The van der Waals surface area contributed by atoms with Gasteiger partial charge in [0, 0.05) is 35.3 Å². The third kappa shape index (κ3) is 3.62. The van der Waals surface area contributed by atoms with E-state index in [9.17, 15) is 4.79 Å². The first-order valence-electron chi connectivity index (χ1n) is 7.21. The van der Waals surface area contributed by atoms with Crippen molar-refractivity contribution in [2.75, 3.05) is 5.32 Å². The van der Waals surface area contributed by atoms with Gasteiger partial charge in [0.2, 0.25) is 5.91 Å². The highest BCUT2D eigenvalue weighted by Gasteiger charge is 2.12. The lowest BCUT2D eigenvalue weighted by Gasteiger charge is -2.01. The highest BCUT2D eigenvalue weighted by Crippen LogP contribution is 2.24. The van der Waals surface area contributed by atoms with Crippen molar-refractivity contribution in [3.8, 4) is 11.3 Å². The zero-order valence-electron chi connectivity index (χ0n) is 12.9. The average Bonchev–Trinajstić information content (AvgIpc) is 3.14. The average molecular weight is 328 g/mol. The zero-order valence-corrected chi connectivity index (χ0v) is 13.7. The molecule has 3 aromatic rings. The number of rotatable bonds is 5. The molecule has 3 rings (SSSR count). The van der Waals surface area contributed by atoms with Gasteiger partial charge in [-0.15, -0.1) is 11.3 Å². The van der Waals surface area contributed by atoms with Crippen LogP contribution in [0.25, 0.3) is 11.3 Å². The topological polar surface area (TPSA) is 80.9 Å². The number of thiazole rings is 1. The first-order valence-corrected chi connectivity index (χ1v) is 8.09. The number of hydrogen-bond donors (Lipinski definition) is 1. The van der Waals surface area contributed by atoms with Crippen LogP contribution < -0.4 is 5.32 Å². The van der Waals surface area contributed by atoms with E-state index in [4.69, 9.17) is 4.52 Å². The molecular formula is C16H16N4O2S. The Morgan fingerprint density at radius 3 is 2.96 bits per heavy atom. The number of hydrogen-bond acceptors (Lipinski definition) is 6. The maximum atomic E-state index is 12.1. The molecule has 0 aliphatic heterocycles. The van der Waals surface area contributed by atoms with Gasteiger partial charge in [-0.2, -0.15) is 0 Å². The van der Waals surface area contributed by atoms with E-state index < -0.39 is 0 Å².